The van der Waals surface area contributed by atoms with E-state index in [1.807, 2.05) is 33.3 Å². The van der Waals surface area contributed by atoms with Gasteiger partial charge in [0, 0.05) is 42.9 Å². The Morgan fingerprint density at radius 2 is 1.83 bits per heavy atom. The fourth-order valence-corrected chi connectivity index (χ4v) is 13.1. The van der Waals surface area contributed by atoms with Crippen molar-refractivity contribution in [1.29, 1.82) is 0 Å². The highest BCUT2D eigenvalue weighted by atomic mass is 33.5. The maximum Gasteiger partial charge on any atom is 0.411 e. The molecule has 1 amide bonds. The predicted molar refractivity (Wildman–Crippen MR) is 251 cm³/mol. The van der Waals surface area contributed by atoms with Crippen molar-refractivity contribution < 1.29 is 67.9 Å². The highest BCUT2D eigenvalue weighted by Gasteiger charge is 2.61. The summed E-state index contributed by atoms with van der Waals surface area (Å²) in [4.78, 5) is 26.9. The molecule has 2 aliphatic carbocycles. The first-order valence-electron chi connectivity index (χ1n) is 20.9. The minimum Gasteiger partial charge on any atom is -0.453 e. The van der Waals surface area contributed by atoms with Gasteiger partial charge in [0.1, 0.15) is 24.4 Å². The third kappa shape index (κ3) is 12.4. The van der Waals surface area contributed by atoms with Gasteiger partial charge in [0.2, 0.25) is 0 Å². The Balaban J connectivity index is 1.61. The molecule has 0 aromatic heterocycles. The Kier molecular flexibility index (Phi) is 20.7. The molecule has 0 aromatic rings. The summed E-state index contributed by atoms with van der Waals surface area (Å²) in [5, 5.41) is 53.0. The number of nitrogens with one attached hydrogen (secondary N) is 2. The van der Waals surface area contributed by atoms with E-state index in [4.69, 9.17) is 37.9 Å². The lowest BCUT2D eigenvalue weighted by molar-refractivity contribution is -0.338. The van der Waals surface area contributed by atoms with Crippen molar-refractivity contribution in [1.82, 2.24) is 10.6 Å². The molecule has 15 atom stereocenters. The molecule has 358 valence electrons. The Labute approximate surface area is 396 Å². The third-order valence-corrected chi connectivity index (χ3v) is 18.1. The zero-order chi connectivity index (χ0) is 46.8. The number of allylic oxidation sites excluding steroid dienone is 3. The number of ether oxygens (including phenoxy) is 8. The van der Waals surface area contributed by atoms with Gasteiger partial charge in [-0.3, -0.25) is 10.1 Å². The molecule has 5 rings (SSSR count). The zero-order valence-electron chi connectivity index (χ0n) is 37.5. The van der Waals surface area contributed by atoms with E-state index >= 15 is 0 Å². The van der Waals surface area contributed by atoms with Crippen molar-refractivity contribution in [2.24, 2.45) is 0 Å². The van der Waals surface area contributed by atoms with Gasteiger partial charge in [-0.25, -0.2) is 4.79 Å². The number of aliphatic hydroxyl groups excluding tert-OH is 3. The van der Waals surface area contributed by atoms with Crippen LogP contribution in [0.5, 0.6) is 0 Å². The van der Waals surface area contributed by atoms with Gasteiger partial charge >= 0.3 is 6.09 Å². The maximum atomic E-state index is 14.0. The number of rotatable bonds is 18. The fraction of sp³-hybridized carbons (Fsp3) is 0.721. The second kappa shape index (κ2) is 24.7. The summed E-state index contributed by atoms with van der Waals surface area (Å²) < 4.78 is 48.6. The average Bonchev–Trinajstić information content (AvgIpc) is 3.25. The van der Waals surface area contributed by atoms with Crippen LogP contribution in [0.4, 0.5) is 4.79 Å². The van der Waals surface area contributed by atoms with Crippen LogP contribution in [-0.4, -0.2) is 180 Å². The molecule has 64 heavy (non-hydrogen) atoms. The van der Waals surface area contributed by atoms with Crippen LogP contribution in [0, 0.1) is 23.7 Å². The number of hydrogen-bond donors (Lipinski definition) is 6. The van der Waals surface area contributed by atoms with Crippen molar-refractivity contribution in [3.05, 3.63) is 35.1 Å². The number of carbonyl (C=O) groups is 2. The number of thioether (sulfide) groups is 2. The topological polar surface area (TPSA) is 213 Å². The molecule has 3 aliphatic heterocycles. The second-order valence-corrected chi connectivity index (χ2v) is 22.5. The van der Waals surface area contributed by atoms with Gasteiger partial charge in [0.05, 0.1) is 72.9 Å². The van der Waals surface area contributed by atoms with Crippen molar-refractivity contribution in [3.8, 4) is 23.7 Å². The van der Waals surface area contributed by atoms with Gasteiger partial charge < -0.3 is 63.6 Å². The molecule has 0 spiro atoms. The minimum atomic E-state index is -2.02. The largest absolute Gasteiger partial charge is 0.453 e. The maximum absolute atomic E-state index is 14.0. The smallest absolute Gasteiger partial charge is 0.411 e. The molecule has 5 aliphatic rings. The fourth-order valence-electron chi connectivity index (χ4n) is 8.68. The van der Waals surface area contributed by atoms with E-state index in [-0.39, 0.29) is 65.8 Å². The van der Waals surface area contributed by atoms with Crippen molar-refractivity contribution in [2.75, 3.05) is 52.0 Å². The van der Waals surface area contributed by atoms with Crippen molar-refractivity contribution in [2.45, 2.75) is 142 Å². The molecule has 3 saturated heterocycles. The Hall–Kier alpha value is -1.45. The quantitative estimate of drug-likeness (QED) is 0.0662. The number of aliphatic hydroxyl groups is 4. The van der Waals surface area contributed by atoms with E-state index in [1.54, 1.807) is 26.4 Å². The van der Waals surface area contributed by atoms with Crippen molar-refractivity contribution in [3.63, 3.8) is 0 Å². The van der Waals surface area contributed by atoms with E-state index in [0.717, 1.165) is 7.11 Å². The molecule has 1 unspecified atom stereocenters. The summed E-state index contributed by atoms with van der Waals surface area (Å²) in [6.07, 6.45) is -2.18. The molecule has 2 bridgehead atoms. The number of amides is 1. The van der Waals surface area contributed by atoms with Crippen LogP contribution in [-0.2, 0) is 42.7 Å². The summed E-state index contributed by atoms with van der Waals surface area (Å²) in [6.45, 7) is 7.22. The van der Waals surface area contributed by atoms with E-state index in [9.17, 15) is 30.0 Å². The highest BCUT2D eigenvalue weighted by Crippen LogP contribution is 2.47. The average molecular weight is 991 g/mol. The monoisotopic (exact) mass is 990 g/mol. The molecular weight excluding hydrogens is 929 g/mol. The first kappa shape index (κ1) is 53.5. The lowest BCUT2D eigenvalue weighted by atomic mass is 9.75. The number of ketones is 1. The minimum absolute atomic E-state index is 0.0143. The Morgan fingerprint density at radius 1 is 1.08 bits per heavy atom. The highest BCUT2D eigenvalue weighted by molar-refractivity contribution is 9.09. The summed E-state index contributed by atoms with van der Waals surface area (Å²) in [5.74, 6) is 11.3. The predicted octanol–water partition coefficient (Wildman–Crippen LogP) is 3.17. The summed E-state index contributed by atoms with van der Waals surface area (Å²) in [7, 11) is 7.28. The Bertz CT molecular complexity index is 1820. The van der Waals surface area contributed by atoms with Gasteiger partial charge in [-0.1, -0.05) is 65.2 Å². The van der Waals surface area contributed by atoms with E-state index in [2.05, 4.69) is 34.3 Å². The van der Waals surface area contributed by atoms with Crippen LogP contribution >= 0.6 is 54.9 Å². The van der Waals surface area contributed by atoms with Crippen molar-refractivity contribution >= 4 is 66.8 Å². The number of carbonyl (C=O) groups excluding carboxylic acids is 2. The molecule has 0 saturated carbocycles. The molecule has 16 nitrogen and oxygen atoms in total. The van der Waals surface area contributed by atoms with Gasteiger partial charge in [-0.2, -0.15) is 23.5 Å². The van der Waals surface area contributed by atoms with E-state index in [1.165, 1.54) is 67.1 Å². The summed E-state index contributed by atoms with van der Waals surface area (Å²) in [5.41, 5.74) is -2.05. The molecule has 6 N–H and O–H groups in total. The van der Waals surface area contributed by atoms with Crippen LogP contribution in [0.1, 0.15) is 47.0 Å². The zero-order valence-corrected chi connectivity index (χ0v) is 41.6. The second-order valence-electron chi connectivity index (χ2n) is 15.9. The third-order valence-electron chi connectivity index (χ3n) is 11.6. The molecular formula is C43H62N2O14S5. The van der Waals surface area contributed by atoms with E-state index in [0.29, 0.717) is 5.75 Å². The van der Waals surface area contributed by atoms with E-state index < -0.39 is 90.7 Å². The van der Waals surface area contributed by atoms with Crippen LogP contribution in [0.25, 0.3) is 0 Å². The summed E-state index contributed by atoms with van der Waals surface area (Å²) >= 11 is 2.69. The first-order valence-corrected chi connectivity index (χ1v) is 27.5. The lowest BCUT2D eigenvalue weighted by Crippen LogP contribution is -2.71. The normalized spacial score (nSPS) is 38.2. The van der Waals surface area contributed by atoms with Gasteiger partial charge in [-0.05, 0) is 54.6 Å². The standard InChI is InChI=1S/C43H62N2O14S5/c1-23(2)44-27-22-54-33(19-31(27)52-5)59-37-39(49)43(61-8,32(21-46)58-34-18-28(47)38(60-7)24(3)55-34)25(4)56-40(37)57-30-14-12-10-11-13-16-42(51)20-29(48)36(45-41(50)53-6)35(30)26(42)15-17-63-64-62-9/h10-11,15,23-25,27-28,30-34,37-40,44,46-47,49,51H,17-22H2,1-9H3,(H,45,50)/b11-10-,26-15+/t24-,25-,27+,28+,30-,31+,32?,33+,34+,37-,38-,39-,40+,42+,43-/m1/s1. The molecule has 0 aromatic carbocycles. The summed E-state index contributed by atoms with van der Waals surface area (Å²) in [6, 6.07) is -0.0283. The number of alkyl carbamates (subject to hydrolysis) is 1. The van der Waals surface area contributed by atoms with Gasteiger partial charge in [0.25, 0.3) is 0 Å². The molecule has 3 fully saturated rings. The molecule has 0 radical (unpaired) electrons. The number of Topliss-reactive ketones (excluding diaryl/α,β-unsaturated/α-hetero) is 1. The molecule has 3 heterocycles. The van der Waals surface area contributed by atoms with Crippen LogP contribution in [0.15, 0.2) is 35.1 Å². The number of fused-ring (bicyclic) bond motifs is 2. The van der Waals surface area contributed by atoms with Crippen LogP contribution in [0.2, 0.25) is 0 Å². The Morgan fingerprint density at radius 3 is 2.47 bits per heavy atom. The number of hydrogen-bond acceptors (Lipinski definition) is 20. The van der Waals surface area contributed by atoms with Crippen LogP contribution in [0.3, 0.4) is 0 Å². The SMILES string of the molecule is COC(=O)NC1=C2/C(=C\CSSSC)[C@](O)(C#C/C=C\C#C[C@H]2O[C@@H]2O[C@H](C)[C@@](SC)(C(CO)O[C@H]3C[C@H](O)[C@H](SC)[C@@H](C)O3)[C@H](O)[C@H]2O[C@H]2C[C@H](OC)[C@@H](NC(C)C)CO2)CC1=O. The number of methoxy groups -OCH3 is 2. The first-order chi connectivity index (χ1) is 30.6. The van der Waals surface area contributed by atoms with Crippen LogP contribution < -0.4 is 10.6 Å². The van der Waals surface area contributed by atoms with Gasteiger partial charge in [-0.15, -0.1) is 0 Å². The lowest BCUT2D eigenvalue weighted by Gasteiger charge is -2.54. The van der Waals surface area contributed by atoms with Gasteiger partial charge in [0.15, 0.2) is 30.3 Å². The molecule has 21 heteroatoms.